The Bertz CT molecular complexity index is 462. The van der Waals surface area contributed by atoms with E-state index >= 15 is 0 Å². The number of fused-ring (bicyclic) bond motifs is 1. The molecular formula is C14H20N2O4. The molecular weight excluding hydrogens is 260 g/mol. The first-order valence-electron chi connectivity index (χ1n) is 6.69. The van der Waals surface area contributed by atoms with Gasteiger partial charge < -0.3 is 19.6 Å². The molecule has 0 saturated heterocycles. The number of ether oxygens (including phenoxy) is 2. The number of rotatable bonds is 6. The molecule has 2 N–H and O–H groups in total. The molecule has 20 heavy (non-hydrogen) atoms. The summed E-state index contributed by atoms with van der Waals surface area (Å²) in [5.41, 5.74) is 3.30. The number of hydroxylamine groups is 1. The zero-order valence-electron chi connectivity index (χ0n) is 11.8. The lowest BCUT2D eigenvalue weighted by Crippen LogP contribution is -2.29. The van der Waals surface area contributed by atoms with Gasteiger partial charge in [-0.25, -0.2) is 0 Å². The normalized spacial score (nSPS) is 13.3. The summed E-state index contributed by atoms with van der Waals surface area (Å²) < 4.78 is 10.9. The van der Waals surface area contributed by atoms with Crippen molar-refractivity contribution in [3.05, 3.63) is 18.2 Å². The first-order valence-corrected chi connectivity index (χ1v) is 6.69. The van der Waals surface area contributed by atoms with Crippen molar-refractivity contribution in [2.45, 2.75) is 13.8 Å². The molecule has 0 saturated carbocycles. The number of carbonyl (C=O) groups is 1. The molecule has 1 aromatic carbocycles. The Hall–Kier alpha value is -1.79. The predicted octanol–water partition coefficient (Wildman–Crippen LogP) is 1.57. The monoisotopic (exact) mass is 280 g/mol. The Morgan fingerprint density at radius 3 is 2.80 bits per heavy atom. The highest BCUT2D eigenvalue weighted by Crippen LogP contribution is 2.32. The van der Waals surface area contributed by atoms with Crippen LogP contribution in [0.3, 0.4) is 0 Å². The van der Waals surface area contributed by atoms with Gasteiger partial charge in [-0.1, -0.05) is 13.8 Å². The zero-order chi connectivity index (χ0) is 14.4. The Kier molecular flexibility index (Phi) is 5.20. The van der Waals surface area contributed by atoms with Crippen LogP contribution in [0.1, 0.15) is 13.8 Å². The van der Waals surface area contributed by atoms with Gasteiger partial charge in [0, 0.05) is 11.8 Å². The molecule has 0 bridgehead atoms. The maximum Gasteiger partial charge on any atom is 0.240 e. The van der Waals surface area contributed by atoms with Crippen LogP contribution >= 0.6 is 0 Å². The fraction of sp³-hybridized carbons (Fsp3) is 0.500. The van der Waals surface area contributed by atoms with Crippen molar-refractivity contribution in [3.8, 4) is 11.5 Å². The second-order valence-corrected chi connectivity index (χ2v) is 4.93. The van der Waals surface area contributed by atoms with Crippen LogP contribution in [0.5, 0.6) is 11.5 Å². The SMILES string of the molecule is CC(C)CONCC(=O)Nc1ccc2c(c1)OCCO2. The highest BCUT2D eigenvalue weighted by molar-refractivity contribution is 5.92. The molecule has 1 aliphatic rings. The molecule has 0 radical (unpaired) electrons. The minimum absolute atomic E-state index is 0.0984. The lowest BCUT2D eigenvalue weighted by molar-refractivity contribution is -0.118. The van der Waals surface area contributed by atoms with E-state index in [-0.39, 0.29) is 12.5 Å². The van der Waals surface area contributed by atoms with Crippen molar-refractivity contribution in [2.75, 3.05) is 31.7 Å². The van der Waals surface area contributed by atoms with Crippen molar-refractivity contribution in [1.29, 1.82) is 0 Å². The van der Waals surface area contributed by atoms with Gasteiger partial charge in [-0.3, -0.25) is 4.79 Å². The fourth-order valence-electron chi connectivity index (χ4n) is 1.67. The molecule has 0 atom stereocenters. The van der Waals surface area contributed by atoms with Crippen molar-refractivity contribution < 1.29 is 19.1 Å². The number of nitrogens with one attached hydrogen (secondary N) is 2. The van der Waals surface area contributed by atoms with Gasteiger partial charge in [0.2, 0.25) is 5.91 Å². The number of benzene rings is 1. The number of amides is 1. The van der Waals surface area contributed by atoms with Crippen LogP contribution in [0.4, 0.5) is 5.69 Å². The molecule has 0 unspecified atom stereocenters. The van der Waals surface area contributed by atoms with Gasteiger partial charge in [0.05, 0.1) is 6.61 Å². The summed E-state index contributed by atoms with van der Waals surface area (Å²) in [6, 6.07) is 5.31. The maximum atomic E-state index is 11.7. The summed E-state index contributed by atoms with van der Waals surface area (Å²) in [5, 5.41) is 2.76. The van der Waals surface area contributed by atoms with Crippen molar-refractivity contribution >= 4 is 11.6 Å². The number of hydrogen-bond donors (Lipinski definition) is 2. The Labute approximate surface area is 118 Å². The first kappa shape index (κ1) is 14.6. The summed E-state index contributed by atoms with van der Waals surface area (Å²) in [4.78, 5) is 16.8. The largest absolute Gasteiger partial charge is 0.486 e. The third-order valence-corrected chi connectivity index (χ3v) is 2.58. The fourth-order valence-corrected chi connectivity index (χ4v) is 1.67. The van der Waals surface area contributed by atoms with E-state index in [1.807, 2.05) is 13.8 Å². The van der Waals surface area contributed by atoms with E-state index in [1.165, 1.54) is 0 Å². The molecule has 1 aliphatic heterocycles. The third kappa shape index (κ3) is 4.40. The quantitative estimate of drug-likeness (QED) is 0.611. The van der Waals surface area contributed by atoms with Gasteiger partial charge in [0.25, 0.3) is 0 Å². The zero-order valence-corrected chi connectivity index (χ0v) is 11.8. The summed E-state index contributed by atoms with van der Waals surface area (Å²) in [5.74, 6) is 1.60. The average molecular weight is 280 g/mol. The van der Waals surface area contributed by atoms with E-state index in [0.29, 0.717) is 42.9 Å². The van der Waals surface area contributed by atoms with E-state index in [2.05, 4.69) is 10.8 Å². The summed E-state index contributed by atoms with van der Waals surface area (Å²) in [7, 11) is 0. The lowest BCUT2D eigenvalue weighted by Gasteiger charge is -2.19. The number of anilines is 1. The predicted molar refractivity (Wildman–Crippen MR) is 74.9 cm³/mol. The molecule has 1 amide bonds. The molecule has 0 aromatic heterocycles. The van der Waals surface area contributed by atoms with E-state index in [0.717, 1.165) is 0 Å². The molecule has 1 aromatic rings. The van der Waals surface area contributed by atoms with Gasteiger partial charge in [-0.05, 0) is 18.1 Å². The molecule has 1 heterocycles. The van der Waals surface area contributed by atoms with Crippen LogP contribution in [0, 0.1) is 5.92 Å². The van der Waals surface area contributed by atoms with Crippen molar-refractivity contribution in [3.63, 3.8) is 0 Å². The minimum atomic E-state index is -0.176. The number of carbonyl (C=O) groups excluding carboxylic acids is 1. The van der Waals surface area contributed by atoms with Crippen molar-refractivity contribution in [1.82, 2.24) is 5.48 Å². The third-order valence-electron chi connectivity index (χ3n) is 2.58. The highest BCUT2D eigenvalue weighted by atomic mass is 16.6. The average Bonchev–Trinajstić information content (AvgIpc) is 2.43. The Morgan fingerprint density at radius 1 is 1.30 bits per heavy atom. The molecule has 110 valence electrons. The molecule has 6 heteroatoms. The topological polar surface area (TPSA) is 68.8 Å². The van der Waals surface area contributed by atoms with E-state index < -0.39 is 0 Å². The molecule has 2 rings (SSSR count). The van der Waals surface area contributed by atoms with Crippen LogP contribution in [-0.2, 0) is 9.63 Å². The number of hydrogen-bond acceptors (Lipinski definition) is 5. The van der Waals surface area contributed by atoms with Gasteiger partial charge in [0.15, 0.2) is 11.5 Å². The second kappa shape index (κ2) is 7.12. The molecule has 6 nitrogen and oxygen atoms in total. The van der Waals surface area contributed by atoms with Gasteiger partial charge in [0.1, 0.15) is 19.8 Å². The highest BCUT2D eigenvalue weighted by Gasteiger charge is 2.12. The lowest BCUT2D eigenvalue weighted by atomic mass is 10.2. The van der Waals surface area contributed by atoms with Crippen LogP contribution in [0.2, 0.25) is 0 Å². The maximum absolute atomic E-state index is 11.7. The Balaban J connectivity index is 1.79. The summed E-state index contributed by atoms with van der Waals surface area (Å²) in [6.07, 6.45) is 0. The standard InChI is InChI=1S/C14H20N2O4/c1-10(2)9-20-15-8-14(17)16-11-3-4-12-13(7-11)19-6-5-18-12/h3-4,7,10,15H,5-6,8-9H2,1-2H3,(H,16,17). The summed E-state index contributed by atoms with van der Waals surface area (Å²) in [6.45, 7) is 5.82. The second-order valence-electron chi connectivity index (χ2n) is 4.93. The van der Waals surface area contributed by atoms with Gasteiger partial charge >= 0.3 is 0 Å². The first-order chi connectivity index (χ1) is 9.65. The van der Waals surface area contributed by atoms with Gasteiger partial charge in [-0.15, -0.1) is 0 Å². The van der Waals surface area contributed by atoms with E-state index in [1.54, 1.807) is 18.2 Å². The molecule has 0 aliphatic carbocycles. The van der Waals surface area contributed by atoms with Crippen LogP contribution in [0.15, 0.2) is 18.2 Å². The van der Waals surface area contributed by atoms with E-state index in [9.17, 15) is 4.79 Å². The summed E-state index contributed by atoms with van der Waals surface area (Å²) >= 11 is 0. The molecule has 0 spiro atoms. The Morgan fingerprint density at radius 2 is 2.05 bits per heavy atom. The van der Waals surface area contributed by atoms with Crippen molar-refractivity contribution in [2.24, 2.45) is 5.92 Å². The van der Waals surface area contributed by atoms with Crippen LogP contribution in [-0.4, -0.2) is 32.3 Å². The van der Waals surface area contributed by atoms with Gasteiger partial charge in [-0.2, -0.15) is 5.48 Å². The van der Waals surface area contributed by atoms with Crippen LogP contribution < -0.4 is 20.3 Å². The molecule has 0 fully saturated rings. The van der Waals surface area contributed by atoms with Crippen LogP contribution in [0.25, 0.3) is 0 Å². The smallest absolute Gasteiger partial charge is 0.240 e. The minimum Gasteiger partial charge on any atom is -0.486 e. The van der Waals surface area contributed by atoms with E-state index in [4.69, 9.17) is 14.3 Å².